The van der Waals surface area contributed by atoms with Crippen molar-refractivity contribution in [3.05, 3.63) is 46.9 Å². The second-order valence-corrected chi connectivity index (χ2v) is 4.24. The van der Waals surface area contributed by atoms with Gasteiger partial charge in [-0.25, -0.2) is 4.98 Å². The summed E-state index contributed by atoms with van der Waals surface area (Å²) < 4.78 is 0. The smallest absolute Gasteiger partial charge is 0.224 e. The summed E-state index contributed by atoms with van der Waals surface area (Å²) >= 11 is 5.75. The van der Waals surface area contributed by atoms with Crippen LogP contribution in [0.2, 0.25) is 5.28 Å². The van der Waals surface area contributed by atoms with Crippen LogP contribution in [0.3, 0.4) is 0 Å². The first-order valence-electron chi connectivity index (χ1n) is 5.44. The second kappa shape index (κ2) is 5.14. The monoisotopic (exact) mass is 261 g/mol. The van der Waals surface area contributed by atoms with Crippen molar-refractivity contribution < 1.29 is 4.79 Å². The lowest BCUT2D eigenvalue weighted by atomic mass is 10.2. The van der Waals surface area contributed by atoms with Gasteiger partial charge in [0.05, 0.1) is 5.56 Å². The number of anilines is 2. The number of halogens is 1. The zero-order valence-electron chi connectivity index (χ0n) is 10.1. The lowest BCUT2D eigenvalue weighted by Gasteiger charge is -2.11. The molecule has 2 rings (SSSR count). The summed E-state index contributed by atoms with van der Waals surface area (Å²) in [4.78, 5) is 19.4. The molecule has 0 radical (unpaired) electrons. The largest absolute Gasteiger partial charge is 0.339 e. The fourth-order valence-electron chi connectivity index (χ4n) is 1.55. The minimum atomic E-state index is -0.109. The summed E-state index contributed by atoms with van der Waals surface area (Å²) in [5.74, 6) is 0.319. The van der Waals surface area contributed by atoms with Crippen LogP contribution in [0.4, 0.5) is 11.5 Å². The van der Waals surface area contributed by atoms with Crippen LogP contribution >= 0.6 is 11.6 Å². The first kappa shape index (κ1) is 12.5. The highest BCUT2D eigenvalue weighted by Gasteiger charge is 2.11. The van der Waals surface area contributed by atoms with Crippen molar-refractivity contribution >= 4 is 28.9 Å². The third kappa shape index (κ3) is 2.65. The van der Waals surface area contributed by atoms with E-state index in [1.165, 1.54) is 13.1 Å². The summed E-state index contributed by atoms with van der Waals surface area (Å²) in [6, 6.07) is 7.73. The fraction of sp³-hybridized carbons (Fsp3) is 0.154. The number of Topliss-reactive ketones (excluding diaryl/α,β-unsaturated/α-hetero) is 1. The molecule has 0 amide bonds. The maximum Gasteiger partial charge on any atom is 0.224 e. The molecule has 18 heavy (non-hydrogen) atoms. The van der Waals surface area contributed by atoms with E-state index in [0.717, 1.165) is 11.3 Å². The molecule has 4 nitrogen and oxygen atoms in total. The van der Waals surface area contributed by atoms with Gasteiger partial charge in [0.2, 0.25) is 5.28 Å². The Morgan fingerprint density at radius 3 is 2.72 bits per heavy atom. The summed E-state index contributed by atoms with van der Waals surface area (Å²) in [5, 5.41) is 3.21. The number of benzene rings is 1. The van der Waals surface area contributed by atoms with Gasteiger partial charge in [0, 0.05) is 11.9 Å². The molecule has 1 heterocycles. The Morgan fingerprint density at radius 1 is 1.33 bits per heavy atom. The van der Waals surface area contributed by atoms with Crippen molar-refractivity contribution in [1.82, 2.24) is 9.97 Å². The number of ketones is 1. The third-order valence-electron chi connectivity index (χ3n) is 2.54. The van der Waals surface area contributed by atoms with Crippen LogP contribution in [0.5, 0.6) is 0 Å². The average Bonchev–Trinajstić information content (AvgIpc) is 2.32. The van der Waals surface area contributed by atoms with E-state index in [1.807, 2.05) is 31.2 Å². The molecular formula is C13H12ClN3O. The normalized spacial score (nSPS) is 10.2. The van der Waals surface area contributed by atoms with Crippen LogP contribution in [-0.4, -0.2) is 15.8 Å². The van der Waals surface area contributed by atoms with E-state index in [9.17, 15) is 4.79 Å². The molecular weight excluding hydrogens is 250 g/mol. The van der Waals surface area contributed by atoms with E-state index >= 15 is 0 Å². The van der Waals surface area contributed by atoms with Gasteiger partial charge < -0.3 is 5.32 Å². The molecule has 5 heteroatoms. The lowest BCUT2D eigenvalue weighted by Crippen LogP contribution is -2.05. The maximum absolute atomic E-state index is 11.5. The molecule has 0 unspecified atom stereocenters. The molecule has 0 atom stereocenters. The Hall–Kier alpha value is -1.94. The van der Waals surface area contributed by atoms with E-state index in [4.69, 9.17) is 11.6 Å². The summed E-state index contributed by atoms with van der Waals surface area (Å²) in [6.07, 6.45) is 1.43. The third-order valence-corrected chi connectivity index (χ3v) is 2.72. The van der Waals surface area contributed by atoms with E-state index in [2.05, 4.69) is 15.3 Å². The molecule has 0 fully saturated rings. The van der Waals surface area contributed by atoms with Crippen LogP contribution in [-0.2, 0) is 0 Å². The summed E-state index contributed by atoms with van der Waals surface area (Å²) in [7, 11) is 0. The van der Waals surface area contributed by atoms with Crippen molar-refractivity contribution in [2.24, 2.45) is 0 Å². The number of aromatic nitrogens is 2. The van der Waals surface area contributed by atoms with Crippen molar-refractivity contribution in [3.8, 4) is 0 Å². The van der Waals surface area contributed by atoms with Crippen molar-refractivity contribution in [2.75, 3.05) is 5.32 Å². The topological polar surface area (TPSA) is 54.9 Å². The predicted molar refractivity (Wildman–Crippen MR) is 71.5 cm³/mol. The average molecular weight is 262 g/mol. The van der Waals surface area contributed by atoms with Crippen LogP contribution in [0.1, 0.15) is 22.8 Å². The first-order chi connectivity index (χ1) is 8.58. The predicted octanol–water partition coefficient (Wildman–Crippen LogP) is 3.38. The van der Waals surface area contributed by atoms with Crippen LogP contribution in [0.25, 0.3) is 0 Å². The zero-order chi connectivity index (χ0) is 13.1. The van der Waals surface area contributed by atoms with Crippen molar-refractivity contribution in [1.29, 1.82) is 0 Å². The number of nitrogens with one attached hydrogen (secondary N) is 1. The molecule has 0 saturated heterocycles. The van der Waals surface area contributed by atoms with Crippen molar-refractivity contribution in [3.63, 3.8) is 0 Å². The molecule has 92 valence electrons. The Labute approximate surface area is 110 Å². The van der Waals surface area contributed by atoms with Crippen LogP contribution in [0, 0.1) is 6.92 Å². The molecule has 1 aromatic heterocycles. The Morgan fingerprint density at radius 2 is 2.06 bits per heavy atom. The van der Waals surface area contributed by atoms with E-state index < -0.39 is 0 Å². The number of carbonyl (C=O) groups is 1. The number of carbonyl (C=O) groups excluding carboxylic acids is 1. The van der Waals surface area contributed by atoms with Gasteiger partial charge in [-0.2, -0.15) is 4.98 Å². The molecule has 0 aliphatic carbocycles. The molecule has 0 spiro atoms. The minimum Gasteiger partial charge on any atom is -0.339 e. The van der Waals surface area contributed by atoms with Crippen LogP contribution < -0.4 is 5.32 Å². The Kier molecular flexibility index (Phi) is 3.58. The van der Waals surface area contributed by atoms with Gasteiger partial charge in [-0.1, -0.05) is 18.2 Å². The molecule has 1 N–H and O–H groups in total. The van der Waals surface area contributed by atoms with Gasteiger partial charge in [-0.05, 0) is 37.1 Å². The van der Waals surface area contributed by atoms with Gasteiger partial charge in [-0.15, -0.1) is 0 Å². The number of nitrogens with zero attached hydrogens (tertiary/aromatic N) is 2. The number of aryl methyl sites for hydroxylation is 1. The molecule has 0 saturated carbocycles. The van der Waals surface area contributed by atoms with E-state index in [0.29, 0.717) is 11.4 Å². The fourth-order valence-corrected chi connectivity index (χ4v) is 1.69. The first-order valence-corrected chi connectivity index (χ1v) is 5.82. The number of para-hydroxylation sites is 1. The standard InChI is InChI=1S/C13H12ClN3O/c1-8-5-3-4-6-11(8)16-12-10(9(2)18)7-15-13(14)17-12/h3-7H,1-2H3,(H,15,16,17). The maximum atomic E-state index is 11.5. The zero-order valence-corrected chi connectivity index (χ0v) is 10.8. The van der Waals surface area contributed by atoms with Gasteiger partial charge in [0.15, 0.2) is 5.78 Å². The molecule has 0 aliphatic heterocycles. The molecule has 2 aromatic rings. The highest BCUT2D eigenvalue weighted by Crippen LogP contribution is 2.22. The molecule has 0 aliphatic rings. The summed E-state index contributed by atoms with van der Waals surface area (Å²) in [5.41, 5.74) is 2.36. The lowest BCUT2D eigenvalue weighted by molar-refractivity contribution is 0.101. The van der Waals surface area contributed by atoms with Gasteiger partial charge in [-0.3, -0.25) is 4.79 Å². The van der Waals surface area contributed by atoms with Gasteiger partial charge in [0.25, 0.3) is 0 Å². The number of hydrogen-bond acceptors (Lipinski definition) is 4. The molecule has 1 aromatic carbocycles. The second-order valence-electron chi connectivity index (χ2n) is 3.90. The number of hydrogen-bond donors (Lipinski definition) is 1. The van der Waals surface area contributed by atoms with E-state index in [-0.39, 0.29) is 11.1 Å². The van der Waals surface area contributed by atoms with Crippen LogP contribution in [0.15, 0.2) is 30.5 Å². The molecule has 0 bridgehead atoms. The quantitative estimate of drug-likeness (QED) is 0.680. The highest BCUT2D eigenvalue weighted by molar-refractivity contribution is 6.28. The van der Waals surface area contributed by atoms with E-state index in [1.54, 1.807) is 0 Å². The SMILES string of the molecule is CC(=O)c1cnc(Cl)nc1Nc1ccccc1C. The van der Waals surface area contributed by atoms with Gasteiger partial charge in [0.1, 0.15) is 5.82 Å². The Balaban J connectivity index is 2.42. The van der Waals surface area contributed by atoms with Gasteiger partial charge >= 0.3 is 0 Å². The van der Waals surface area contributed by atoms with Crippen molar-refractivity contribution in [2.45, 2.75) is 13.8 Å². The highest BCUT2D eigenvalue weighted by atomic mass is 35.5. The number of rotatable bonds is 3. The minimum absolute atomic E-state index is 0.107. The summed E-state index contributed by atoms with van der Waals surface area (Å²) in [6.45, 7) is 3.44. The Bertz CT molecular complexity index is 599.